The van der Waals surface area contributed by atoms with Crippen LogP contribution >= 0.6 is 11.5 Å². The number of hydrogen-bond acceptors (Lipinski definition) is 7. The van der Waals surface area contributed by atoms with E-state index >= 15 is 0 Å². The Labute approximate surface area is 152 Å². The maximum atomic E-state index is 12.5. The van der Waals surface area contributed by atoms with Crippen molar-refractivity contribution < 1.29 is 41.4 Å². The molecule has 11 heteroatoms. The van der Waals surface area contributed by atoms with Crippen LogP contribution in [0.5, 0.6) is 0 Å². The SMILES string of the molecule is Cc1cc(C)c(S(=O)(=O)N[n+]2cc(C)c(C)s2)c(C)c1.[O-][Cl+3]([O-])([O-])[O-]. The van der Waals surface area contributed by atoms with Crippen LogP contribution in [-0.4, -0.2) is 8.42 Å². The zero-order chi connectivity index (χ0) is 19.6. The van der Waals surface area contributed by atoms with Gasteiger partial charge < -0.3 is 0 Å². The van der Waals surface area contributed by atoms with Gasteiger partial charge in [-0.05, 0) is 49.8 Å². The molecule has 1 heterocycles. The van der Waals surface area contributed by atoms with Crippen LogP contribution < -0.4 is 27.5 Å². The normalized spacial score (nSPS) is 11.7. The number of nitrogens with one attached hydrogen (secondary N) is 1. The summed E-state index contributed by atoms with van der Waals surface area (Å²) in [7, 11) is -8.52. The number of nitrogens with zero attached hydrogens (tertiary/aromatic N) is 1. The molecule has 0 bridgehead atoms. The molecular formula is C14H19ClN2O6S2. The van der Waals surface area contributed by atoms with E-state index in [1.165, 1.54) is 11.5 Å². The summed E-state index contributed by atoms with van der Waals surface area (Å²) in [6.07, 6.45) is 1.79. The Kier molecular flexibility index (Phi) is 6.93. The van der Waals surface area contributed by atoms with Crippen molar-refractivity contribution in [2.24, 2.45) is 0 Å². The molecule has 0 atom stereocenters. The lowest BCUT2D eigenvalue weighted by Gasteiger charge is -2.17. The Morgan fingerprint density at radius 3 is 1.76 bits per heavy atom. The van der Waals surface area contributed by atoms with E-state index < -0.39 is 20.3 Å². The van der Waals surface area contributed by atoms with E-state index in [1.54, 1.807) is 10.3 Å². The third kappa shape index (κ3) is 6.86. The lowest BCUT2D eigenvalue weighted by molar-refractivity contribution is -2.00. The largest absolute Gasteiger partial charge is 0.308 e. The number of benzene rings is 1. The van der Waals surface area contributed by atoms with Crippen LogP contribution in [0.4, 0.5) is 0 Å². The summed E-state index contributed by atoms with van der Waals surface area (Å²) < 4.78 is 60.6. The van der Waals surface area contributed by atoms with Gasteiger partial charge in [-0.3, -0.25) is 0 Å². The quantitative estimate of drug-likeness (QED) is 0.566. The molecule has 0 amide bonds. The minimum Gasteiger partial charge on any atom is -0.222 e. The van der Waals surface area contributed by atoms with E-state index in [1.807, 2.05) is 46.8 Å². The summed E-state index contributed by atoms with van der Waals surface area (Å²) in [5.74, 6) is 0. The highest BCUT2D eigenvalue weighted by Gasteiger charge is 2.25. The van der Waals surface area contributed by atoms with E-state index in [-0.39, 0.29) is 0 Å². The molecule has 1 aromatic carbocycles. The van der Waals surface area contributed by atoms with Crippen LogP contribution in [0.3, 0.4) is 0 Å². The maximum Gasteiger partial charge on any atom is 0.308 e. The lowest BCUT2D eigenvalue weighted by Crippen LogP contribution is -2.68. The standard InChI is InChI=1S/C14H19N2O2S2.ClHO4/c1-9-6-10(2)14(11(3)7-9)20(17,18)15-16-8-12(4)13(5)19-16;2-1(3,4)5/h6-8,15H,1-5H3;(H,2,3,4,5)/q+1;/p-1. The molecule has 0 unspecified atom stereocenters. The molecule has 140 valence electrons. The number of aryl methyl sites for hydroxylation is 5. The second-order valence-corrected chi connectivity index (χ2v) is 9.03. The zero-order valence-corrected chi connectivity index (χ0v) is 16.7. The molecule has 0 fully saturated rings. The van der Waals surface area contributed by atoms with Crippen molar-refractivity contribution in [3.63, 3.8) is 0 Å². The fourth-order valence-electron chi connectivity index (χ4n) is 2.31. The highest BCUT2D eigenvalue weighted by molar-refractivity contribution is 7.92. The smallest absolute Gasteiger partial charge is 0.222 e. The van der Waals surface area contributed by atoms with E-state index in [0.717, 1.165) is 27.1 Å². The van der Waals surface area contributed by atoms with Gasteiger partial charge in [-0.1, -0.05) is 22.5 Å². The van der Waals surface area contributed by atoms with Crippen LogP contribution in [0.1, 0.15) is 27.1 Å². The summed E-state index contributed by atoms with van der Waals surface area (Å²) in [5.41, 5.74) is 3.66. The predicted molar refractivity (Wildman–Crippen MR) is 81.2 cm³/mol. The van der Waals surface area contributed by atoms with Crippen LogP contribution in [0.2, 0.25) is 0 Å². The highest BCUT2D eigenvalue weighted by atomic mass is 35.7. The molecule has 2 rings (SSSR count). The first-order valence-electron chi connectivity index (χ1n) is 6.92. The van der Waals surface area contributed by atoms with E-state index in [4.69, 9.17) is 18.6 Å². The number of halogens is 1. The van der Waals surface area contributed by atoms with E-state index in [9.17, 15) is 8.42 Å². The molecule has 0 aliphatic rings. The number of hydrogen-bond donors (Lipinski definition) is 1. The molecule has 0 aliphatic heterocycles. The topological polar surface area (TPSA) is 142 Å². The third-order valence-electron chi connectivity index (χ3n) is 3.19. The van der Waals surface area contributed by atoms with Crippen LogP contribution in [-0.2, 0) is 10.0 Å². The van der Waals surface area contributed by atoms with Crippen molar-refractivity contribution in [2.75, 3.05) is 4.83 Å². The molecule has 0 saturated carbocycles. The number of sulfonamides is 1. The van der Waals surface area contributed by atoms with Gasteiger partial charge in [-0.25, -0.2) is 18.6 Å². The monoisotopic (exact) mass is 410 g/mol. The average molecular weight is 411 g/mol. The van der Waals surface area contributed by atoms with Crippen LogP contribution in [0.25, 0.3) is 0 Å². The first kappa shape index (κ1) is 21.8. The molecular weight excluding hydrogens is 392 g/mol. The van der Waals surface area contributed by atoms with Crippen molar-refractivity contribution in [3.05, 3.63) is 45.5 Å². The molecule has 1 N–H and O–H groups in total. The number of aromatic nitrogens is 1. The first-order valence-corrected chi connectivity index (χ1v) is 10.4. The minimum absolute atomic E-state index is 0.360. The first-order chi connectivity index (χ1) is 11.2. The van der Waals surface area contributed by atoms with Crippen molar-refractivity contribution >= 4 is 21.6 Å². The van der Waals surface area contributed by atoms with Crippen LogP contribution in [0.15, 0.2) is 23.2 Å². The molecule has 8 nitrogen and oxygen atoms in total. The lowest BCUT2D eigenvalue weighted by atomic mass is 10.1. The summed E-state index contributed by atoms with van der Waals surface area (Å²) in [6.45, 7) is 9.53. The molecule has 0 spiro atoms. The van der Waals surface area contributed by atoms with Gasteiger partial charge in [-0.15, -0.1) is 10.2 Å². The van der Waals surface area contributed by atoms with Gasteiger partial charge in [0.25, 0.3) is 0 Å². The molecule has 0 saturated heterocycles. The summed E-state index contributed by atoms with van der Waals surface area (Å²) in [4.78, 5) is 4.05. The summed E-state index contributed by atoms with van der Waals surface area (Å²) in [5, 5.41) is 0. The van der Waals surface area contributed by atoms with Crippen molar-refractivity contribution in [1.82, 2.24) is 0 Å². The van der Waals surface area contributed by atoms with Crippen molar-refractivity contribution in [2.45, 2.75) is 39.5 Å². The molecule has 25 heavy (non-hydrogen) atoms. The molecule has 2 aromatic rings. The van der Waals surface area contributed by atoms with Gasteiger partial charge in [0, 0.05) is 5.56 Å². The van der Waals surface area contributed by atoms with Crippen molar-refractivity contribution in [3.8, 4) is 0 Å². The van der Waals surface area contributed by atoms with Gasteiger partial charge in [0.15, 0.2) is 11.5 Å². The summed E-state index contributed by atoms with van der Waals surface area (Å²) in [6, 6.07) is 3.77. The Balaban J connectivity index is 0.000000550. The van der Waals surface area contributed by atoms with E-state index in [2.05, 4.69) is 4.83 Å². The minimum atomic E-state index is -4.94. The Hall–Kier alpha value is -1.27. The fraction of sp³-hybridized carbons (Fsp3) is 0.357. The second kappa shape index (κ2) is 7.96. The number of rotatable bonds is 3. The van der Waals surface area contributed by atoms with Gasteiger partial charge in [0.1, 0.15) is 0 Å². The van der Waals surface area contributed by atoms with Gasteiger partial charge in [-0.2, -0.15) is 8.42 Å². The summed E-state index contributed by atoms with van der Waals surface area (Å²) >= 11 is 1.38. The second-order valence-electron chi connectivity index (χ2n) is 5.49. The Morgan fingerprint density at radius 2 is 1.40 bits per heavy atom. The molecule has 0 radical (unpaired) electrons. The Bertz CT molecular complexity index is 810. The predicted octanol–water partition coefficient (Wildman–Crippen LogP) is -2.25. The highest BCUT2D eigenvalue weighted by Crippen LogP contribution is 2.21. The van der Waals surface area contributed by atoms with Gasteiger partial charge >= 0.3 is 10.0 Å². The van der Waals surface area contributed by atoms with Gasteiger partial charge in [0.05, 0.1) is 9.77 Å². The molecule has 1 aromatic heterocycles. The fourth-order valence-corrected chi connectivity index (χ4v) is 4.80. The Morgan fingerprint density at radius 1 is 0.960 bits per heavy atom. The zero-order valence-electron chi connectivity index (χ0n) is 14.3. The van der Waals surface area contributed by atoms with Crippen molar-refractivity contribution in [1.29, 1.82) is 0 Å². The van der Waals surface area contributed by atoms with Gasteiger partial charge in [0.2, 0.25) is 6.20 Å². The maximum absolute atomic E-state index is 12.5. The average Bonchev–Trinajstić information content (AvgIpc) is 2.62. The van der Waals surface area contributed by atoms with E-state index in [0.29, 0.717) is 4.90 Å². The van der Waals surface area contributed by atoms with Crippen LogP contribution in [0, 0.1) is 44.9 Å². The third-order valence-corrected chi connectivity index (χ3v) is 5.91. The molecule has 0 aliphatic carbocycles.